The van der Waals surface area contributed by atoms with Gasteiger partial charge < -0.3 is 4.98 Å². The number of fused-ring (bicyclic) bond motifs is 5. The first-order valence-corrected chi connectivity index (χ1v) is 13.0. The second-order valence-electron chi connectivity index (χ2n) is 9.88. The summed E-state index contributed by atoms with van der Waals surface area (Å²) in [4.78, 5) is 22.0. The van der Waals surface area contributed by atoms with Gasteiger partial charge in [-0.2, -0.15) is 0 Å². The van der Waals surface area contributed by atoms with Crippen molar-refractivity contribution in [3.63, 3.8) is 0 Å². The number of aryl methyl sites for hydroxylation is 3. The zero-order valence-corrected chi connectivity index (χ0v) is 24.8. The maximum absolute atomic E-state index is 12.9. The van der Waals surface area contributed by atoms with Gasteiger partial charge >= 0.3 is 0 Å². The first-order valence-electron chi connectivity index (χ1n) is 13.0. The minimum absolute atomic E-state index is 0. The predicted octanol–water partition coefficient (Wildman–Crippen LogP) is 8.38. The predicted molar refractivity (Wildman–Crippen MR) is 158 cm³/mol. The third kappa shape index (κ3) is 5.29. The second-order valence-corrected chi connectivity index (χ2v) is 9.88. The van der Waals surface area contributed by atoms with Gasteiger partial charge in [0, 0.05) is 42.8 Å². The van der Waals surface area contributed by atoms with E-state index in [-0.39, 0.29) is 25.9 Å². The Morgan fingerprint density at radius 1 is 0.675 bits per heavy atom. The van der Waals surface area contributed by atoms with Crippen LogP contribution in [0.2, 0.25) is 0 Å². The Morgan fingerprint density at radius 2 is 1.45 bits per heavy atom. The van der Waals surface area contributed by atoms with E-state index in [1.807, 2.05) is 98.9 Å². The molecule has 6 aromatic rings. The van der Waals surface area contributed by atoms with Crippen molar-refractivity contribution in [3.05, 3.63) is 143 Å². The van der Waals surface area contributed by atoms with Crippen LogP contribution in [0.1, 0.15) is 32.6 Å². The molecule has 0 saturated carbocycles. The molecule has 0 unspecified atom stereocenters. The van der Waals surface area contributed by atoms with Crippen LogP contribution in [-0.4, -0.2) is 15.8 Å². The molecule has 7 rings (SSSR count). The normalized spacial score (nSPS) is 11.2. The molecule has 1 aliphatic carbocycles. The van der Waals surface area contributed by atoms with Crippen molar-refractivity contribution in [2.24, 2.45) is 0 Å². The molecule has 4 aromatic carbocycles. The Kier molecular flexibility index (Phi) is 7.84. The summed E-state index contributed by atoms with van der Waals surface area (Å²) in [6, 6.07) is 38.5. The molecule has 0 saturated heterocycles. The van der Waals surface area contributed by atoms with Crippen molar-refractivity contribution in [2.45, 2.75) is 20.8 Å². The maximum Gasteiger partial charge on any atom is 0.194 e. The van der Waals surface area contributed by atoms with E-state index in [1.54, 1.807) is 0 Å². The molecule has 4 heteroatoms. The van der Waals surface area contributed by atoms with Gasteiger partial charge in [-0.15, -0.1) is 70.8 Å². The largest absolute Gasteiger partial charge is 0.304 e. The fourth-order valence-corrected chi connectivity index (χ4v) is 5.09. The van der Waals surface area contributed by atoms with Gasteiger partial charge in [-0.1, -0.05) is 68.4 Å². The number of carbonyl (C=O) groups is 1. The van der Waals surface area contributed by atoms with Gasteiger partial charge in [-0.3, -0.25) is 9.78 Å². The van der Waals surface area contributed by atoms with E-state index >= 15 is 0 Å². The summed E-state index contributed by atoms with van der Waals surface area (Å²) in [5.74, 6) is 0.0914. The molecule has 1 aliphatic rings. The molecule has 2 heterocycles. The average Bonchev–Trinajstić information content (AvgIpc) is 3.25. The Hall–Kier alpha value is -4.24. The SMILES string of the molecule is Cc1[c-]c(-c2ccc3c4c(ccc3n2)-c2ccccc2C4=O)cc(C)c1.Cc1ccc(-c2[c-]cccc2)nc1.[Ir]. The van der Waals surface area contributed by atoms with E-state index in [0.717, 1.165) is 61.2 Å². The van der Waals surface area contributed by atoms with Gasteiger partial charge in [-0.25, -0.2) is 0 Å². The molecule has 0 spiro atoms. The second kappa shape index (κ2) is 11.5. The first-order chi connectivity index (χ1) is 19.0. The summed E-state index contributed by atoms with van der Waals surface area (Å²) in [5.41, 5.74) is 11.8. The van der Waals surface area contributed by atoms with Crippen LogP contribution in [0.15, 0.2) is 103 Å². The van der Waals surface area contributed by atoms with Gasteiger partial charge in [0.25, 0.3) is 0 Å². The Labute approximate surface area is 248 Å². The summed E-state index contributed by atoms with van der Waals surface area (Å²) >= 11 is 0. The number of nitrogens with zero attached hydrogens (tertiary/aromatic N) is 2. The third-order valence-corrected chi connectivity index (χ3v) is 6.88. The molecule has 0 amide bonds. The van der Waals surface area contributed by atoms with Crippen molar-refractivity contribution in [2.75, 3.05) is 0 Å². The molecule has 197 valence electrons. The van der Waals surface area contributed by atoms with E-state index in [0.29, 0.717) is 0 Å². The standard InChI is InChI=1S/C24H16NO.C12H10N.Ir/c1-14-11-15(2)13-16(12-14)21-9-8-20-22(25-21)10-7-18-17-5-3-4-6-19(17)24(26)23(18)20;1-10-7-8-12(13-9-10)11-5-3-2-4-6-11;/h3-12H,1-2H3;2-5,7-9H,1H3;/q2*-1;. The molecule has 1 radical (unpaired) electrons. The van der Waals surface area contributed by atoms with Gasteiger partial charge in [0.05, 0.1) is 5.52 Å². The fraction of sp³-hybridized carbons (Fsp3) is 0.0833. The summed E-state index contributed by atoms with van der Waals surface area (Å²) in [5, 5.41) is 0.914. The number of benzene rings is 4. The summed E-state index contributed by atoms with van der Waals surface area (Å²) in [7, 11) is 0. The molecule has 2 aromatic heterocycles. The van der Waals surface area contributed by atoms with E-state index in [1.165, 1.54) is 11.1 Å². The number of aromatic nitrogens is 2. The summed E-state index contributed by atoms with van der Waals surface area (Å²) in [6.07, 6.45) is 1.87. The quantitative estimate of drug-likeness (QED) is 0.171. The molecule has 0 N–H and O–H groups in total. The number of rotatable bonds is 2. The van der Waals surface area contributed by atoms with Crippen molar-refractivity contribution in [3.8, 4) is 33.6 Å². The van der Waals surface area contributed by atoms with Crippen LogP contribution in [0.5, 0.6) is 0 Å². The van der Waals surface area contributed by atoms with E-state index in [2.05, 4.69) is 42.2 Å². The van der Waals surface area contributed by atoms with E-state index < -0.39 is 0 Å². The van der Waals surface area contributed by atoms with Crippen LogP contribution in [0.3, 0.4) is 0 Å². The van der Waals surface area contributed by atoms with Crippen LogP contribution in [0, 0.1) is 32.9 Å². The number of carbonyl (C=O) groups excluding carboxylic acids is 1. The Balaban J connectivity index is 0.000000195. The smallest absolute Gasteiger partial charge is 0.194 e. The average molecular weight is 695 g/mol. The molecule has 0 aliphatic heterocycles. The zero-order chi connectivity index (χ0) is 26.9. The third-order valence-electron chi connectivity index (χ3n) is 6.88. The van der Waals surface area contributed by atoms with Crippen LogP contribution in [-0.2, 0) is 20.1 Å². The zero-order valence-electron chi connectivity index (χ0n) is 22.5. The summed E-state index contributed by atoms with van der Waals surface area (Å²) in [6.45, 7) is 6.15. The topological polar surface area (TPSA) is 42.9 Å². The molecular formula is C36H26IrN2O-2. The summed E-state index contributed by atoms with van der Waals surface area (Å²) < 4.78 is 0. The monoisotopic (exact) mass is 695 g/mol. The van der Waals surface area contributed by atoms with Crippen molar-refractivity contribution in [1.82, 2.24) is 9.97 Å². The Bertz CT molecular complexity index is 1820. The van der Waals surface area contributed by atoms with Crippen molar-refractivity contribution in [1.29, 1.82) is 0 Å². The van der Waals surface area contributed by atoms with Gasteiger partial charge in [0.1, 0.15) is 0 Å². The van der Waals surface area contributed by atoms with Crippen LogP contribution in [0.4, 0.5) is 0 Å². The molecule has 0 fully saturated rings. The van der Waals surface area contributed by atoms with Gasteiger partial charge in [0.15, 0.2) is 5.78 Å². The van der Waals surface area contributed by atoms with Crippen LogP contribution >= 0.6 is 0 Å². The number of hydrogen-bond donors (Lipinski definition) is 0. The minimum atomic E-state index is 0. The minimum Gasteiger partial charge on any atom is -0.304 e. The van der Waals surface area contributed by atoms with Crippen molar-refractivity contribution >= 4 is 16.7 Å². The molecule has 0 atom stereocenters. The molecular weight excluding hydrogens is 669 g/mol. The van der Waals surface area contributed by atoms with Crippen LogP contribution in [0.25, 0.3) is 44.5 Å². The van der Waals surface area contributed by atoms with Crippen LogP contribution < -0.4 is 0 Å². The number of hydrogen-bond acceptors (Lipinski definition) is 3. The van der Waals surface area contributed by atoms with Crippen molar-refractivity contribution < 1.29 is 24.9 Å². The maximum atomic E-state index is 12.9. The van der Waals surface area contributed by atoms with Gasteiger partial charge in [-0.05, 0) is 41.1 Å². The van der Waals surface area contributed by atoms with E-state index in [9.17, 15) is 4.79 Å². The first kappa shape index (κ1) is 27.3. The molecule has 40 heavy (non-hydrogen) atoms. The Morgan fingerprint density at radius 3 is 2.17 bits per heavy atom. The number of pyridine rings is 2. The fourth-order valence-electron chi connectivity index (χ4n) is 5.09. The molecule has 3 nitrogen and oxygen atoms in total. The molecule has 0 bridgehead atoms. The number of ketones is 1. The van der Waals surface area contributed by atoms with Gasteiger partial charge in [0.2, 0.25) is 0 Å². The van der Waals surface area contributed by atoms with E-state index in [4.69, 9.17) is 4.98 Å².